The van der Waals surface area contributed by atoms with Gasteiger partial charge < -0.3 is 10.3 Å². The van der Waals surface area contributed by atoms with Gasteiger partial charge >= 0.3 is 0 Å². The van der Waals surface area contributed by atoms with Gasteiger partial charge in [-0.05, 0) is 49.4 Å². The molecule has 0 unspecified atom stereocenters. The molecule has 0 saturated heterocycles. The molecule has 140 valence electrons. The topological polar surface area (TPSA) is 74.8 Å². The SMILES string of the molecule is Cc1ccc(NC(=O)CSCc2nc3sc4c(c3c(=O)[nH]2)CCC4)c(Cl)c1. The molecule has 0 radical (unpaired) electrons. The van der Waals surface area contributed by atoms with Crippen LogP contribution in [0.1, 0.15) is 28.2 Å². The second kappa shape index (κ2) is 7.66. The summed E-state index contributed by atoms with van der Waals surface area (Å²) in [6, 6.07) is 5.51. The van der Waals surface area contributed by atoms with Gasteiger partial charge in [0.25, 0.3) is 5.56 Å². The van der Waals surface area contributed by atoms with Crippen molar-refractivity contribution >= 4 is 56.5 Å². The number of anilines is 1. The van der Waals surface area contributed by atoms with E-state index in [0.717, 1.165) is 35.0 Å². The molecule has 1 aliphatic carbocycles. The minimum atomic E-state index is -0.135. The third kappa shape index (κ3) is 3.90. The van der Waals surface area contributed by atoms with E-state index < -0.39 is 0 Å². The fourth-order valence-electron chi connectivity index (χ4n) is 3.26. The zero-order valence-electron chi connectivity index (χ0n) is 14.7. The van der Waals surface area contributed by atoms with Crippen LogP contribution in [0, 0.1) is 6.92 Å². The number of rotatable bonds is 5. The van der Waals surface area contributed by atoms with Crippen LogP contribution in [0.25, 0.3) is 10.2 Å². The largest absolute Gasteiger partial charge is 0.324 e. The Kier molecular flexibility index (Phi) is 5.25. The fraction of sp³-hybridized carbons (Fsp3) is 0.316. The summed E-state index contributed by atoms with van der Waals surface area (Å²) in [4.78, 5) is 34.1. The highest BCUT2D eigenvalue weighted by molar-refractivity contribution is 7.99. The summed E-state index contributed by atoms with van der Waals surface area (Å²) in [5.74, 6) is 1.21. The summed E-state index contributed by atoms with van der Waals surface area (Å²) in [6.45, 7) is 1.94. The molecule has 0 atom stereocenters. The van der Waals surface area contributed by atoms with E-state index in [1.807, 2.05) is 19.1 Å². The molecule has 4 rings (SSSR count). The van der Waals surface area contributed by atoms with Crippen molar-refractivity contribution in [1.29, 1.82) is 0 Å². The molecule has 0 fully saturated rings. The number of aryl methyl sites for hydroxylation is 3. The number of amides is 1. The summed E-state index contributed by atoms with van der Waals surface area (Å²) >= 11 is 9.17. The standard InChI is InChI=1S/C19H18ClN3O2S2/c1-10-5-6-13(12(20)7-10)21-16(24)9-26-8-15-22-18(25)17-11-3-2-4-14(11)27-19(17)23-15/h5-7H,2-4,8-9H2,1H3,(H,21,24)(H,22,23,25). The lowest BCUT2D eigenvalue weighted by Crippen LogP contribution is -2.15. The highest BCUT2D eigenvalue weighted by atomic mass is 35.5. The maximum absolute atomic E-state index is 12.4. The maximum Gasteiger partial charge on any atom is 0.259 e. The van der Waals surface area contributed by atoms with Crippen molar-refractivity contribution in [3.63, 3.8) is 0 Å². The number of halogens is 1. The minimum Gasteiger partial charge on any atom is -0.324 e. The second-order valence-electron chi connectivity index (χ2n) is 6.57. The molecule has 1 aromatic carbocycles. The summed E-state index contributed by atoms with van der Waals surface area (Å²) in [7, 11) is 0. The van der Waals surface area contributed by atoms with Gasteiger partial charge in [-0.3, -0.25) is 9.59 Å². The quantitative estimate of drug-likeness (QED) is 0.646. The minimum absolute atomic E-state index is 0.0640. The Morgan fingerprint density at radius 3 is 3.07 bits per heavy atom. The zero-order chi connectivity index (χ0) is 19.0. The van der Waals surface area contributed by atoms with Crippen LogP contribution >= 0.6 is 34.7 Å². The van der Waals surface area contributed by atoms with Crippen LogP contribution in [0.4, 0.5) is 5.69 Å². The van der Waals surface area contributed by atoms with Crippen LogP contribution in [-0.4, -0.2) is 21.6 Å². The molecule has 8 heteroatoms. The van der Waals surface area contributed by atoms with Gasteiger partial charge in [-0.1, -0.05) is 17.7 Å². The first-order valence-corrected chi connectivity index (χ1v) is 11.0. The first-order valence-electron chi connectivity index (χ1n) is 8.68. The van der Waals surface area contributed by atoms with E-state index in [1.54, 1.807) is 17.4 Å². The number of aromatic amines is 1. The third-order valence-electron chi connectivity index (χ3n) is 4.49. The van der Waals surface area contributed by atoms with Gasteiger partial charge in [-0.2, -0.15) is 0 Å². The molecule has 0 aliphatic heterocycles. The van der Waals surface area contributed by atoms with E-state index in [-0.39, 0.29) is 17.2 Å². The Bertz CT molecular complexity index is 1090. The van der Waals surface area contributed by atoms with Gasteiger partial charge in [0.05, 0.1) is 27.6 Å². The summed E-state index contributed by atoms with van der Waals surface area (Å²) in [6.07, 6.45) is 3.13. The van der Waals surface area contributed by atoms with Crippen LogP contribution < -0.4 is 10.9 Å². The van der Waals surface area contributed by atoms with Crippen LogP contribution in [-0.2, 0) is 23.4 Å². The van der Waals surface area contributed by atoms with Crippen molar-refractivity contribution in [3.8, 4) is 0 Å². The van der Waals surface area contributed by atoms with Crippen molar-refractivity contribution in [2.24, 2.45) is 0 Å². The van der Waals surface area contributed by atoms with Crippen LogP contribution in [0.3, 0.4) is 0 Å². The Balaban J connectivity index is 1.39. The van der Waals surface area contributed by atoms with Crippen molar-refractivity contribution in [2.45, 2.75) is 31.9 Å². The molecule has 1 amide bonds. The van der Waals surface area contributed by atoms with E-state index in [0.29, 0.717) is 22.3 Å². The van der Waals surface area contributed by atoms with E-state index in [9.17, 15) is 9.59 Å². The van der Waals surface area contributed by atoms with E-state index >= 15 is 0 Å². The molecule has 5 nitrogen and oxygen atoms in total. The Morgan fingerprint density at radius 2 is 2.26 bits per heavy atom. The molecule has 2 heterocycles. The summed E-state index contributed by atoms with van der Waals surface area (Å²) < 4.78 is 0. The number of nitrogens with one attached hydrogen (secondary N) is 2. The Morgan fingerprint density at radius 1 is 1.41 bits per heavy atom. The molecule has 27 heavy (non-hydrogen) atoms. The first-order chi connectivity index (χ1) is 13.0. The number of carbonyl (C=O) groups is 1. The number of H-pyrrole nitrogens is 1. The van der Waals surface area contributed by atoms with Crippen molar-refractivity contribution in [3.05, 3.63) is 55.4 Å². The molecule has 2 aromatic heterocycles. The molecule has 0 spiro atoms. The average molecular weight is 420 g/mol. The number of nitrogens with zero attached hydrogens (tertiary/aromatic N) is 1. The van der Waals surface area contributed by atoms with Gasteiger partial charge in [0.15, 0.2) is 0 Å². The van der Waals surface area contributed by atoms with Crippen molar-refractivity contribution in [1.82, 2.24) is 9.97 Å². The first kappa shape index (κ1) is 18.5. The fourth-order valence-corrected chi connectivity index (χ4v) is 5.52. The van der Waals surface area contributed by atoms with Crippen LogP contribution in [0.2, 0.25) is 5.02 Å². The van der Waals surface area contributed by atoms with Gasteiger partial charge in [-0.25, -0.2) is 4.98 Å². The van der Waals surface area contributed by atoms with Gasteiger partial charge in [0.1, 0.15) is 10.7 Å². The molecule has 0 saturated carbocycles. The molecular weight excluding hydrogens is 402 g/mol. The highest BCUT2D eigenvalue weighted by Gasteiger charge is 2.21. The van der Waals surface area contributed by atoms with Crippen molar-refractivity contribution < 1.29 is 4.79 Å². The highest BCUT2D eigenvalue weighted by Crippen LogP contribution is 2.34. The molecule has 3 aromatic rings. The number of hydrogen-bond donors (Lipinski definition) is 2. The van der Waals surface area contributed by atoms with Crippen LogP contribution in [0.5, 0.6) is 0 Å². The lowest BCUT2D eigenvalue weighted by atomic mass is 10.2. The maximum atomic E-state index is 12.4. The number of aromatic nitrogens is 2. The lowest BCUT2D eigenvalue weighted by molar-refractivity contribution is -0.113. The number of benzene rings is 1. The Hall–Kier alpha value is -1.83. The Labute approximate surface area is 169 Å². The molecule has 1 aliphatic rings. The van der Waals surface area contributed by atoms with Gasteiger partial charge in [0, 0.05) is 4.88 Å². The average Bonchev–Trinajstić information content (AvgIpc) is 3.18. The molecule has 0 bridgehead atoms. The van der Waals surface area contributed by atoms with Crippen molar-refractivity contribution in [2.75, 3.05) is 11.1 Å². The summed E-state index contributed by atoms with van der Waals surface area (Å²) in [5, 5.41) is 4.09. The van der Waals surface area contributed by atoms with E-state index in [2.05, 4.69) is 15.3 Å². The monoisotopic (exact) mass is 419 g/mol. The summed E-state index contributed by atoms with van der Waals surface area (Å²) in [5.41, 5.74) is 2.76. The number of fused-ring (bicyclic) bond motifs is 3. The normalized spacial score (nSPS) is 13.1. The predicted molar refractivity (Wildman–Crippen MR) is 113 cm³/mol. The molecule has 2 N–H and O–H groups in total. The van der Waals surface area contributed by atoms with E-state index in [1.165, 1.54) is 22.2 Å². The smallest absolute Gasteiger partial charge is 0.259 e. The predicted octanol–water partition coefficient (Wildman–Crippen LogP) is 4.31. The zero-order valence-corrected chi connectivity index (χ0v) is 17.1. The van der Waals surface area contributed by atoms with Gasteiger partial charge in [0.2, 0.25) is 5.91 Å². The molecular formula is C19H18ClN3O2S2. The van der Waals surface area contributed by atoms with E-state index in [4.69, 9.17) is 11.6 Å². The lowest BCUT2D eigenvalue weighted by Gasteiger charge is -2.07. The number of thiophene rings is 1. The van der Waals surface area contributed by atoms with Crippen LogP contribution in [0.15, 0.2) is 23.0 Å². The second-order valence-corrected chi connectivity index (χ2v) is 9.05. The number of hydrogen-bond acceptors (Lipinski definition) is 5. The number of carbonyl (C=O) groups excluding carboxylic acids is 1. The van der Waals surface area contributed by atoms with Gasteiger partial charge in [-0.15, -0.1) is 23.1 Å². The number of thioether (sulfide) groups is 1. The third-order valence-corrected chi connectivity index (χ3v) is 6.94.